The van der Waals surface area contributed by atoms with Crippen molar-refractivity contribution in [1.29, 1.82) is 0 Å². The van der Waals surface area contributed by atoms with E-state index in [4.69, 9.17) is 11.6 Å². The normalized spacial score (nSPS) is 13.5. The lowest BCUT2D eigenvalue weighted by Crippen LogP contribution is -2.29. The molecule has 2 heterocycles. The molecular weight excluding hydrogens is 426 g/mol. The van der Waals surface area contributed by atoms with E-state index in [0.29, 0.717) is 5.56 Å². The first-order chi connectivity index (χ1) is 14.3. The SMILES string of the molecule is Cc1ccc(S(=O)(=O)Nc2ccc(Cl)c3c2C(=O)N(Cc2cccnc2)C3=O)cc1. The van der Waals surface area contributed by atoms with Crippen molar-refractivity contribution < 1.29 is 18.0 Å². The summed E-state index contributed by atoms with van der Waals surface area (Å²) in [6.45, 7) is 1.84. The van der Waals surface area contributed by atoms with Gasteiger partial charge in [0.2, 0.25) is 0 Å². The number of benzene rings is 2. The third-order valence-corrected chi connectivity index (χ3v) is 6.41. The standard InChI is InChI=1S/C21H16ClN3O4S/c1-13-4-6-15(7-5-13)30(28,29)24-17-9-8-16(22)18-19(17)21(27)25(20(18)26)12-14-3-2-10-23-11-14/h2-11,24H,12H2,1H3. The van der Waals surface area contributed by atoms with Crippen LogP contribution < -0.4 is 4.72 Å². The number of pyridine rings is 1. The zero-order valence-corrected chi connectivity index (χ0v) is 17.4. The van der Waals surface area contributed by atoms with E-state index in [2.05, 4.69) is 9.71 Å². The molecule has 1 N–H and O–H groups in total. The number of carbonyl (C=O) groups excluding carboxylic acids is 2. The summed E-state index contributed by atoms with van der Waals surface area (Å²) in [6, 6.07) is 12.5. The van der Waals surface area contributed by atoms with Crippen LogP contribution >= 0.6 is 11.6 Å². The van der Waals surface area contributed by atoms with Gasteiger partial charge in [-0.05, 0) is 42.8 Å². The van der Waals surface area contributed by atoms with Gasteiger partial charge >= 0.3 is 0 Å². The summed E-state index contributed by atoms with van der Waals surface area (Å²) >= 11 is 6.19. The maximum Gasteiger partial charge on any atom is 0.264 e. The molecule has 7 nitrogen and oxygen atoms in total. The maximum atomic E-state index is 13.0. The second kappa shape index (κ2) is 7.55. The molecule has 4 rings (SSSR count). The van der Waals surface area contributed by atoms with Gasteiger partial charge in [-0.1, -0.05) is 35.4 Å². The molecule has 0 saturated heterocycles. The predicted octanol–water partition coefficient (Wildman–Crippen LogP) is 3.64. The van der Waals surface area contributed by atoms with Crippen LogP contribution in [0.5, 0.6) is 0 Å². The van der Waals surface area contributed by atoms with Crippen LogP contribution in [0, 0.1) is 6.92 Å². The van der Waals surface area contributed by atoms with Crippen molar-refractivity contribution in [3.8, 4) is 0 Å². The number of aryl methyl sites for hydroxylation is 1. The Bertz CT molecular complexity index is 1260. The van der Waals surface area contributed by atoms with Crippen molar-refractivity contribution in [2.75, 3.05) is 4.72 Å². The number of sulfonamides is 1. The minimum absolute atomic E-state index is 0.000662. The molecule has 0 fully saturated rings. The summed E-state index contributed by atoms with van der Waals surface area (Å²) in [4.78, 5) is 31.0. The summed E-state index contributed by atoms with van der Waals surface area (Å²) < 4.78 is 28.0. The second-order valence-electron chi connectivity index (χ2n) is 6.82. The molecule has 1 aliphatic heterocycles. The molecule has 0 spiro atoms. The number of carbonyl (C=O) groups is 2. The van der Waals surface area contributed by atoms with E-state index in [1.165, 1.54) is 24.3 Å². The third kappa shape index (κ3) is 3.55. The van der Waals surface area contributed by atoms with E-state index >= 15 is 0 Å². The Kier molecular flexibility index (Phi) is 5.05. The molecule has 152 valence electrons. The summed E-state index contributed by atoms with van der Waals surface area (Å²) in [7, 11) is -3.97. The summed E-state index contributed by atoms with van der Waals surface area (Å²) in [5.41, 5.74) is 1.49. The molecule has 1 aromatic heterocycles. The van der Waals surface area contributed by atoms with E-state index in [9.17, 15) is 18.0 Å². The highest BCUT2D eigenvalue weighted by molar-refractivity contribution is 7.92. The van der Waals surface area contributed by atoms with Crippen LogP contribution in [0.25, 0.3) is 0 Å². The van der Waals surface area contributed by atoms with Crippen molar-refractivity contribution >= 4 is 39.1 Å². The first kappa shape index (κ1) is 20.1. The smallest absolute Gasteiger partial charge is 0.264 e. The molecule has 2 aromatic carbocycles. The minimum atomic E-state index is -3.97. The Morgan fingerprint density at radius 3 is 2.37 bits per heavy atom. The van der Waals surface area contributed by atoms with Gasteiger partial charge in [-0.25, -0.2) is 8.42 Å². The van der Waals surface area contributed by atoms with Crippen LogP contribution in [0.15, 0.2) is 65.8 Å². The largest absolute Gasteiger partial charge is 0.279 e. The van der Waals surface area contributed by atoms with Crippen molar-refractivity contribution in [3.05, 3.63) is 88.2 Å². The van der Waals surface area contributed by atoms with E-state index in [1.807, 2.05) is 6.92 Å². The van der Waals surface area contributed by atoms with Gasteiger partial charge in [0.25, 0.3) is 21.8 Å². The number of fused-ring (bicyclic) bond motifs is 1. The number of amides is 2. The molecule has 2 amide bonds. The van der Waals surface area contributed by atoms with Gasteiger partial charge in [0.1, 0.15) is 0 Å². The number of halogens is 1. The van der Waals surface area contributed by atoms with Crippen molar-refractivity contribution in [1.82, 2.24) is 9.88 Å². The van der Waals surface area contributed by atoms with Crippen LogP contribution in [-0.4, -0.2) is 30.1 Å². The molecule has 0 aliphatic carbocycles. The first-order valence-electron chi connectivity index (χ1n) is 8.95. The van der Waals surface area contributed by atoms with Gasteiger partial charge < -0.3 is 0 Å². The van der Waals surface area contributed by atoms with Gasteiger partial charge in [-0.15, -0.1) is 0 Å². The van der Waals surface area contributed by atoms with Crippen LogP contribution in [-0.2, 0) is 16.6 Å². The Labute approximate surface area is 178 Å². The molecule has 1 aliphatic rings. The molecule has 9 heteroatoms. The van der Waals surface area contributed by atoms with E-state index < -0.39 is 21.8 Å². The van der Waals surface area contributed by atoms with Gasteiger partial charge in [-0.3, -0.25) is 24.2 Å². The van der Waals surface area contributed by atoms with Gasteiger partial charge in [0.15, 0.2) is 0 Å². The highest BCUT2D eigenvalue weighted by Crippen LogP contribution is 2.36. The quantitative estimate of drug-likeness (QED) is 0.610. The lowest BCUT2D eigenvalue weighted by Gasteiger charge is -2.14. The molecule has 0 unspecified atom stereocenters. The topological polar surface area (TPSA) is 96.4 Å². The average molecular weight is 442 g/mol. The fourth-order valence-electron chi connectivity index (χ4n) is 3.19. The third-order valence-electron chi connectivity index (χ3n) is 4.71. The van der Waals surface area contributed by atoms with Crippen molar-refractivity contribution in [2.24, 2.45) is 0 Å². The first-order valence-corrected chi connectivity index (χ1v) is 10.8. The van der Waals surface area contributed by atoms with Crippen molar-refractivity contribution in [2.45, 2.75) is 18.4 Å². The Morgan fingerprint density at radius 2 is 1.70 bits per heavy atom. The highest BCUT2D eigenvalue weighted by atomic mass is 35.5. The highest BCUT2D eigenvalue weighted by Gasteiger charge is 2.40. The van der Waals surface area contributed by atoms with Gasteiger partial charge in [-0.2, -0.15) is 0 Å². The summed E-state index contributed by atoms with van der Waals surface area (Å²) in [6.07, 6.45) is 3.13. The van der Waals surface area contributed by atoms with Gasteiger partial charge in [0, 0.05) is 12.4 Å². The Balaban J connectivity index is 1.72. The van der Waals surface area contributed by atoms with Crippen LogP contribution in [0.1, 0.15) is 31.8 Å². The Morgan fingerprint density at radius 1 is 1.00 bits per heavy atom. The van der Waals surface area contributed by atoms with E-state index in [0.717, 1.165) is 10.5 Å². The number of imide groups is 1. The molecule has 0 atom stereocenters. The van der Waals surface area contributed by atoms with E-state index in [-0.39, 0.29) is 33.3 Å². The molecule has 0 saturated carbocycles. The molecule has 3 aromatic rings. The monoisotopic (exact) mass is 441 g/mol. The average Bonchev–Trinajstić information content (AvgIpc) is 2.97. The number of anilines is 1. The molecular formula is C21H16ClN3O4S. The lowest BCUT2D eigenvalue weighted by molar-refractivity contribution is 0.0642. The lowest BCUT2D eigenvalue weighted by atomic mass is 10.1. The zero-order valence-electron chi connectivity index (χ0n) is 15.8. The molecule has 0 radical (unpaired) electrons. The summed E-state index contributed by atoms with van der Waals surface area (Å²) in [5, 5.41) is 0.0790. The fraction of sp³-hybridized carbons (Fsp3) is 0.0952. The Hall–Kier alpha value is -3.23. The fourth-order valence-corrected chi connectivity index (χ4v) is 4.50. The van der Waals surface area contributed by atoms with E-state index in [1.54, 1.807) is 36.7 Å². The van der Waals surface area contributed by atoms with Crippen LogP contribution in [0.3, 0.4) is 0 Å². The maximum absolute atomic E-state index is 13.0. The number of aromatic nitrogens is 1. The van der Waals surface area contributed by atoms with Crippen LogP contribution in [0.4, 0.5) is 5.69 Å². The number of hydrogen-bond donors (Lipinski definition) is 1. The molecule has 30 heavy (non-hydrogen) atoms. The number of hydrogen-bond acceptors (Lipinski definition) is 5. The number of nitrogens with one attached hydrogen (secondary N) is 1. The van der Waals surface area contributed by atoms with Gasteiger partial charge in [0.05, 0.1) is 33.3 Å². The van der Waals surface area contributed by atoms with Crippen LogP contribution in [0.2, 0.25) is 5.02 Å². The molecule has 0 bridgehead atoms. The zero-order chi connectivity index (χ0) is 21.5. The number of rotatable bonds is 5. The summed E-state index contributed by atoms with van der Waals surface area (Å²) in [5.74, 6) is -1.21. The second-order valence-corrected chi connectivity index (χ2v) is 8.91. The predicted molar refractivity (Wildman–Crippen MR) is 112 cm³/mol. The van der Waals surface area contributed by atoms with Crippen molar-refractivity contribution in [3.63, 3.8) is 0 Å². The minimum Gasteiger partial charge on any atom is -0.279 e. The number of nitrogens with zero attached hydrogens (tertiary/aromatic N) is 2.